The lowest BCUT2D eigenvalue weighted by molar-refractivity contribution is 0.103. The number of fused-ring (bicyclic) bond motifs is 1. The Morgan fingerprint density at radius 1 is 0.667 bits per heavy atom. The Morgan fingerprint density at radius 3 is 2.12 bits per heavy atom. The molecule has 4 aromatic rings. The lowest BCUT2D eigenvalue weighted by Gasteiger charge is -2.05. The zero-order valence-corrected chi connectivity index (χ0v) is 13.0. The van der Waals surface area contributed by atoms with Crippen LogP contribution >= 0.6 is 0 Å². The molecule has 114 valence electrons. The van der Waals surface area contributed by atoms with Crippen LogP contribution in [0.15, 0.2) is 91.1 Å². The van der Waals surface area contributed by atoms with E-state index in [-0.39, 0.29) is 5.78 Å². The van der Waals surface area contributed by atoms with Gasteiger partial charge >= 0.3 is 0 Å². The number of rotatable bonds is 3. The number of hydrogen-bond donors (Lipinski definition) is 0. The van der Waals surface area contributed by atoms with Crippen LogP contribution in [0.1, 0.15) is 15.9 Å². The SMILES string of the molecule is O=C(c1ccc(-c2ccccc2)nc1)c1ccc2ccccc2c1. The van der Waals surface area contributed by atoms with Crippen molar-refractivity contribution in [2.24, 2.45) is 0 Å². The van der Waals surface area contributed by atoms with E-state index in [1.807, 2.05) is 84.9 Å². The maximum absolute atomic E-state index is 12.7. The molecule has 0 aliphatic heterocycles. The maximum Gasteiger partial charge on any atom is 0.194 e. The van der Waals surface area contributed by atoms with Gasteiger partial charge in [-0.1, -0.05) is 66.7 Å². The zero-order valence-electron chi connectivity index (χ0n) is 13.0. The molecule has 0 fully saturated rings. The van der Waals surface area contributed by atoms with Crippen molar-refractivity contribution in [3.63, 3.8) is 0 Å². The molecular formula is C22H15NO. The maximum atomic E-state index is 12.7. The number of pyridine rings is 1. The van der Waals surface area contributed by atoms with Gasteiger partial charge in [0.15, 0.2) is 5.78 Å². The van der Waals surface area contributed by atoms with Gasteiger partial charge in [-0.05, 0) is 29.0 Å². The van der Waals surface area contributed by atoms with Gasteiger partial charge in [-0.25, -0.2) is 0 Å². The number of carbonyl (C=O) groups is 1. The summed E-state index contributed by atoms with van der Waals surface area (Å²) in [6.45, 7) is 0. The van der Waals surface area contributed by atoms with Crippen molar-refractivity contribution in [3.05, 3.63) is 102 Å². The van der Waals surface area contributed by atoms with Crippen LogP contribution in [0.5, 0.6) is 0 Å². The molecule has 2 heteroatoms. The lowest BCUT2D eigenvalue weighted by atomic mass is 10.0. The van der Waals surface area contributed by atoms with Gasteiger partial charge < -0.3 is 0 Å². The minimum atomic E-state index is -0.00661. The molecule has 0 aliphatic rings. The van der Waals surface area contributed by atoms with E-state index in [9.17, 15) is 4.79 Å². The first-order valence-corrected chi connectivity index (χ1v) is 7.86. The van der Waals surface area contributed by atoms with Gasteiger partial charge in [0.05, 0.1) is 5.69 Å². The van der Waals surface area contributed by atoms with Gasteiger partial charge in [-0.15, -0.1) is 0 Å². The van der Waals surface area contributed by atoms with Gasteiger partial charge in [0.1, 0.15) is 0 Å². The second-order valence-corrected chi connectivity index (χ2v) is 5.69. The summed E-state index contributed by atoms with van der Waals surface area (Å²) in [6, 6.07) is 27.5. The van der Waals surface area contributed by atoms with Crippen molar-refractivity contribution >= 4 is 16.6 Å². The van der Waals surface area contributed by atoms with E-state index in [1.54, 1.807) is 6.20 Å². The third kappa shape index (κ3) is 2.70. The van der Waals surface area contributed by atoms with E-state index in [0.29, 0.717) is 11.1 Å². The third-order valence-electron chi connectivity index (χ3n) is 4.11. The number of carbonyl (C=O) groups excluding carboxylic acids is 1. The molecule has 0 unspecified atom stereocenters. The summed E-state index contributed by atoms with van der Waals surface area (Å²) in [7, 11) is 0. The molecular weight excluding hydrogens is 294 g/mol. The summed E-state index contributed by atoms with van der Waals surface area (Å²) in [6.07, 6.45) is 1.65. The molecule has 2 nitrogen and oxygen atoms in total. The Bertz CT molecular complexity index is 1000. The quantitative estimate of drug-likeness (QED) is 0.491. The van der Waals surface area contributed by atoms with Crippen LogP contribution in [0.4, 0.5) is 0 Å². The highest BCUT2D eigenvalue weighted by Crippen LogP contribution is 2.20. The number of benzene rings is 3. The fourth-order valence-corrected chi connectivity index (χ4v) is 2.81. The average Bonchev–Trinajstić information content (AvgIpc) is 2.68. The molecule has 1 heterocycles. The number of hydrogen-bond acceptors (Lipinski definition) is 2. The van der Waals surface area contributed by atoms with Crippen molar-refractivity contribution in [1.29, 1.82) is 0 Å². The third-order valence-corrected chi connectivity index (χ3v) is 4.11. The first kappa shape index (κ1) is 14.3. The summed E-state index contributed by atoms with van der Waals surface area (Å²) in [4.78, 5) is 17.1. The largest absolute Gasteiger partial charge is 0.289 e. The zero-order chi connectivity index (χ0) is 16.4. The van der Waals surface area contributed by atoms with E-state index >= 15 is 0 Å². The molecule has 0 saturated heterocycles. The normalized spacial score (nSPS) is 10.7. The Balaban J connectivity index is 1.66. The van der Waals surface area contributed by atoms with E-state index in [1.165, 1.54) is 0 Å². The van der Waals surface area contributed by atoms with Crippen molar-refractivity contribution in [2.75, 3.05) is 0 Å². The average molecular weight is 309 g/mol. The summed E-state index contributed by atoms with van der Waals surface area (Å²) in [5.41, 5.74) is 3.20. The Labute approximate surface area is 140 Å². The monoisotopic (exact) mass is 309 g/mol. The smallest absolute Gasteiger partial charge is 0.194 e. The fraction of sp³-hybridized carbons (Fsp3) is 0. The molecule has 24 heavy (non-hydrogen) atoms. The molecule has 0 amide bonds. The molecule has 3 aromatic carbocycles. The van der Waals surface area contributed by atoms with Gasteiger partial charge in [0, 0.05) is 22.9 Å². The van der Waals surface area contributed by atoms with Crippen LogP contribution in [0.25, 0.3) is 22.0 Å². The molecule has 0 aliphatic carbocycles. The Kier molecular flexibility index (Phi) is 3.64. The van der Waals surface area contributed by atoms with Crippen molar-refractivity contribution < 1.29 is 4.79 Å². The van der Waals surface area contributed by atoms with Crippen LogP contribution in [-0.4, -0.2) is 10.8 Å². The van der Waals surface area contributed by atoms with Crippen LogP contribution in [0.3, 0.4) is 0 Å². The first-order chi connectivity index (χ1) is 11.8. The summed E-state index contributed by atoms with van der Waals surface area (Å²) < 4.78 is 0. The standard InChI is InChI=1S/C22H15NO/c24-22(19-11-10-16-6-4-5-9-18(16)14-19)20-12-13-21(23-15-20)17-7-2-1-3-8-17/h1-15H. The molecule has 0 atom stereocenters. The number of nitrogens with zero attached hydrogens (tertiary/aromatic N) is 1. The van der Waals surface area contributed by atoms with Crippen LogP contribution in [0, 0.1) is 0 Å². The highest BCUT2D eigenvalue weighted by atomic mass is 16.1. The molecule has 0 bridgehead atoms. The van der Waals surface area contributed by atoms with E-state index in [4.69, 9.17) is 0 Å². The molecule has 0 spiro atoms. The predicted molar refractivity (Wildman–Crippen MR) is 97.1 cm³/mol. The Morgan fingerprint density at radius 2 is 1.38 bits per heavy atom. The highest BCUT2D eigenvalue weighted by molar-refractivity contribution is 6.10. The van der Waals surface area contributed by atoms with Crippen LogP contribution in [-0.2, 0) is 0 Å². The number of ketones is 1. The van der Waals surface area contributed by atoms with Crippen LogP contribution < -0.4 is 0 Å². The number of aromatic nitrogens is 1. The van der Waals surface area contributed by atoms with Gasteiger partial charge in [-0.3, -0.25) is 9.78 Å². The van der Waals surface area contributed by atoms with Gasteiger partial charge in [0.2, 0.25) is 0 Å². The van der Waals surface area contributed by atoms with E-state index in [2.05, 4.69) is 4.98 Å². The fourth-order valence-electron chi connectivity index (χ4n) is 2.81. The van der Waals surface area contributed by atoms with Crippen molar-refractivity contribution in [2.45, 2.75) is 0 Å². The molecule has 0 N–H and O–H groups in total. The molecule has 0 radical (unpaired) electrons. The summed E-state index contributed by atoms with van der Waals surface area (Å²) in [5, 5.41) is 2.20. The topological polar surface area (TPSA) is 30.0 Å². The van der Waals surface area contributed by atoms with Gasteiger partial charge in [-0.2, -0.15) is 0 Å². The van der Waals surface area contributed by atoms with E-state index in [0.717, 1.165) is 22.0 Å². The highest BCUT2D eigenvalue weighted by Gasteiger charge is 2.10. The second-order valence-electron chi connectivity index (χ2n) is 5.69. The molecule has 0 saturated carbocycles. The van der Waals surface area contributed by atoms with Crippen molar-refractivity contribution in [3.8, 4) is 11.3 Å². The first-order valence-electron chi connectivity index (χ1n) is 7.86. The van der Waals surface area contributed by atoms with E-state index < -0.39 is 0 Å². The lowest BCUT2D eigenvalue weighted by Crippen LogP contribution is -2.02. The molecule has 4 rings (SSSR count). The minimum absolute atomic E-state index is 0.00661. The minimum Gasteiger partial charge on any atom is -0.289 e. The van der Waals surface area contributed by atoms with Gasteiger partial charge in [0.25, 0.3) is 0 Å². The second kappa shape index (κ2) is 6.09. The summed E-state index contributed by atoms with van der Waals surface area (Å²) in [5.74, 6) is -0.00661. The molecule has 1 aromatic heterocycles. The van der Waals surface area contributed by atoms with Crippen molar-refractivity contribution in [1.82, 2.24) is 4.98 Å². The summed E-state index contributed by atoms with van der Waals surface area (Å²) >= 11 is 0. The Hall–Kier alpha value is -3.26. The predicted octanol–water partition coefficient (Wildman–Crippen LogP) is 5.13. The van der Waals surface area contributed by atoms with Crippen LogP contribution in [0.2, 0.25) is 0 Å².